The molecule has 1 spiro atoms. The molecule has 0 unspecified atom stereocenters. The Morgan fingerprint density at radius 1 is 1.10 bits per heavy atom. The van der Waals surface area contributed by atoms with Crippen LogP contribution in [-0.2, 0) is 38.1 Å². The zero-order valence-electron chi connectivity index (χ0n) is 24.5. The number of ether oxygens (including phenoxy) is 4. The molecule has 8 nitrogen and oxygen atoms in total. The standard InChI is InChI=1S/C32H42O8/c1-16-13-25(39-29(36)17(16)2)18(3)22-7-8-23-21-14-28-32(40-28)27(38-20(5)34)10-9-26(35)31(32,15-37-19(4)33)24(21)11-12-30(22,23)6/h9-10,18,21-25,27-28H,7-8,11-15H2,1-6H3/t18-,21-,22+,23-,24-,25+,27-,28+,30+,31-,32+/m0/s1. The predicted molar refractivity (Wildman–Crippen MR) is 144 cm³/mol. The second-order valence-electron chi connectivity index (χ2n) is 13.7. The Kier molecular flexibility index (Phi) is 6.41. The molecule has 0 aromatic carbocycles. The summed E-state index contributed by atoms with van der Waals surface area (Å²) in [6.45, 7) is 11.2. The van der Waals surface area contributed by atoms with Gasteiger partial charge in [-0.05, 0) is 93.1 Å². The second kappa shape index (κ2) is 9.27. The van der Waals surface area contributed by atoms with Gasteiger partial charge in [-0.25, -0.2) is 4.79 Å². The SMILES string of the molecule is CC(=O)OC[C@]12C(=O)C=C[C@H](OC(C)=O)[C@]13O[C@@H]3C[C@H]1[C@@H]3CC[C@H]([C@H](C)[C@H]4CC(C)=C(C)C(=O)O4)[C@@]3(C)CC[C@@H]12. The molecule has 0 N–H and O–H groups in total. The first-order valence-corrected chi connectivity index (χ1v) is 14.9. The van der Waals surface area contributed by atoms with E-state index in [4.69, 9.17) is 18.9 Å². The van der Waals surface area contributed by atoms with E-state index in [2.05, 4.69) is 13.8 Å². The van der Waals surface area contributed by atoms with Crippen molar-refractivity contribution in [2.75, 3.05) is 6.61 Å². The van der Waals surface area contributed by atoms with Crippen LogP contribution in [0, 0.1) is 40.4 Å². The smallest absolute Gasteiger partial charge is 0.333 e. The Bertz CT molecular complexity index is 1220. The number of carbonyl (C=O) groups is 4. The zero-order valence-corrected chi connectivity index (χ0v) is 24.5. The van der Waals surface area contributed by atoms with Crippen molar-refractivity contribution >= 4 is 23.7 Å². The van der Waals surface area contributed by atoms with E-state index in [-0.39, 0.29) is 53.7 Å². The molecule has 0 amide bonds. The first-order chi connectivity index (χ1) is 18.9. The van der Waals surface area contributed by atoms with Crippen LogP contribution in [0.1, 0.15) is 80.1 Å². The van der Waals surface area contributed by atoms with Crippen LogP contribution in [0.5, 0.6) is 0 Å². The molecule has 2 aliphatic heterocycles. The van der Waals surface area contributed by atoms with E-state index < -0.39 is 29.1 Å². The fourth-order valence-corrected chi connectivity index (χ4v) is 10.1. The van der Waals surface area contributed by atoms with Gasteiger partial charge in [-0.2, -0.15) is 0 Å². The Balaban J connectivity index is 1.32. The summed E-state index contributed by atoms with van der Waals surface area (Å²) in [6, 6.07) is 0. The van der Waals surface area contributed by atoms with Crippen molar-refractivity contribution in [1.82, 2.24) is 0 Å². The maximum absolute atomic E-state index is 14.0. The summed E-state index contributed by atoms with van der Waals surface area (Å²) < 4.78 is 23.8. The summed E-state index contributed by atoms with van der Waals surface area (Å²) in [7, 11) is 0. The van der Waals surface area contributed by atoms with Crippen LogP contribution in [0.3, 0.4) is 0 Å². The van der Waals surface area contributed by atoms with Crippen molar-refractivity contribution < 1.29 is 38.1 Å². The van der Waals surface area contributed by atoms with Gasteiger partial charge in [0.05, 0.1) is 6.10 Å². The second-order valence-corrected chi connectivity index (χ2v) is 13.7. The lowest BCUT2D eigenvalue weighted by Crippen LogP contribution is -2.67. The molecule has 0 aromatic heterocycles. The highest BCUT2D eigenvalue weighted by molar-refractivity contribution is 5.99. The van der Waals surface area contributed by atoms with E-state index in [0.717, 1.165) is 49.7 Å². The third kappa shape index (κ3) is 3.66. The number of allylic oxidation sites excluding steroid dienone is 1. The van der Waals surface area contributed by atoms with E-state index in [1.807, 2.05) is 13.8 Å². The monoisotopic (exact) mass is 554 g/mol. The zero-order chi connectivity index (χ0) is 28.8. The lowest BCUT2D eigenvalue weighted by molar-refractivity contribution is -0.181. The molecule has 1 saturated heterocycles. The van der Waals surface area contributed by atoms with Crippen molar-refractivity contribution in [2.24, 2.45) is 40.4 Å². The predicted octanol–water partition coefficient (Wildman–Crippen LogP) is 4.49. The third-order valence-corrected chi connectivity index (χ3v) is 12.1. The Morgan fingerprint density at radius 2 is 1.85 bits per heavy atom. The summed E-state index contributed by atoms with van der Waals surface area (Å²) in [6.07, 6.45) is 7.54. The molecular formula is C32H42O8. The highest BCUT2D eigenvalue weighted by Gasteiger charge is 2.83. The molecule has 8 heteroatoms. The van der Waals surface area contributed by atoms with E-state index in [1.54, 1.807) is 6.08 Å². The van der Waals surface area contributed by atoms with Crippen LogP contribution >= 0.6 is 0 Å². The normalized spacial score (nSPS) is 45.9. The Morgan fingerprint density at radius 3 is 2.52 bits per heavy atom. The van der Waals surface area contributed by atoms with Gasteiger partial charge in [-0.1, -0.05) is 19.4 Å². The highest BCUT2D eigenvalue weighted by Crippen LogP contribution is 2.73. The average Bonchev–Trinajstić information content (AvgIpc) is 3.51. The molecule has 40 heavy (non-hydrogen) atoms. The molecule has 6 aliphatic rings. The van der Waals surface area contributed by atoms with Crippen LogP contribution in [0.4, 0.5) is 0 Å². The molecule has 4 fully saturated rings. The van der Waals surface area contributed by atoms with Gasteiger partial charge in [-0.15, -0.1) is 0 Å². The lowest BCUT2D eigenvalue weighted by atomic mass is 9.44. The highest BCUT2D eigenvalue weighted by atomic mass is 16.7. The number of hydrogen-bond acceptors (Lipinski definition) is 8. The average molecular weight is 555 g/mol. The number of carbonyl (C=O) groups excluding carboxylic acids is 4. The molecule has 3 saturated carbocycles. The number of cyclic esters (lactones) is 1. The minimum atomic E-state index is -1.08. The molecule has 4 aliphatic carbocycles. The number of hydrogen-bond donors (Lipinski definition) is 0. The maximum Gasteiger partial charge on any atom is 0.333 e. The fourth-order valence-electron chi connectivity index (χ4n) is 10.1. The summed E-state index contributed by atoms with van der Waals surface area (Å²) in [5.41, 5.74) is -0.185. The number of fused-ring (bicyclic) bond motifs is 4. The van der Waals surface area contributed by atoms with E-state index >= 15 is 0 Å². The quantitative estimate of drug-likeness (QED) is 0.278. The van der Waals surface area contributed by atoms with Crippen LogP contribution in [0.25, 0.3) is 0 Å². The summed E-state index contributed by atoms with van der Waals surface area (Å²) in [5.74, 6) is 0.0154. The van der Waals surface area contributed by atoms with Gasteiger partial charge in [0.2, 0.25) is 0 Å². The Hall–Kier alpha value is -2.48. The fraction of sp³-hybridized carbons (Fsp3) is 0.750. The minimum absolute atomic E-state index is 0.0391. The van der Waals surface area contributed by atoms with Crippen molar-refractivity contribution in [1.29, 1.82) is 0 Å². The number of epoxide rings is 1. The third-order valence-electron chi connectivity index (χ3n) is 12.1. The van der Waals surface area contributed by atoms with Crippen LogP contribution in [-0.4, -0.2) is 54.2 Å². The summed E-state index contributed by atoms with van der Waals surface area (Å²) in [4.78, 5) is 50.6. The summed E-state index contributed by atoms with van der Waals surface area (Å²) >= 11 is 0. The molecule has 0 radical (unpaired) electrons. The van der Waals surface area contributed by atoms with Crippen molar-refractivity contribution in [3.63, 3.8) is 0 Å². The van der Waals surface area contributed by atoms with Crippen LogP contribution < -0.4 is 0 Å². The van der Waals surface area contributed by atoms with Gasteiger partial charge in [0, 0.05) is 25.8 Å². The van der Waals surface area contributed by atoms with Gasteiger partial charge < -0.3 is 18.9 Å². The molecular weight excluding hydrogens is 512 g/mol. The molecule has 11 atom stereocenters. The van der Waals surface area contributed by atoms with Gasteiger partial charge in [0.15, 0.2) is 17.5 Å². The van der Waals surface area contributed by atoms with Crippen molar-refractivity contribution in [3.05, 3.63) is 23.3 Å². The van der Waals surface area contributed by atoms with Gasteiger partial charge >= 0.3 is 17.9 Å². The van der Waals surface area contributed by atoms with Gasteiger partial charge in [0.25, 0.3) is 0 Å². The molecule has 0 aromatic rings. The van der Waals surface area contributed by atoms with E-state index in [9.17, 15) is 19.2 Å². The van der Waals surface area contributed by atoms with Crippen LogP contribution in [0.15, 0.2) is 23.3 Å². The van der Waals surface area contributed by atoms with Crippen LogP contribution in [0.2, 0.25) is 0 Å². The van der Waals surface area contributed by atoms with Gasteiger partial charge in [0.1, 0.15) is 18.1 Å². The Labute approximate surface area is 236 Å². The van der Waals surface area contributed by atoms with Gasteiger partial charge in [-0.3, -0.25) is 14.4 Å². The largest absolute Gasteiger partial charge is 0.465 e. The van der Waals surface area contributed by atoms with E-state index in [0.29, 0.717) is 11.8 Å². The number of ketones is 1. The summed E-state index contributed by atoms with van der Waals surface area (Å²) in [5, 5.41) is 0. The topological polar surface area (TPSA) is 109 Å². The first kappa shape index (κ1) is 27.7. The maximum atomic E-state index is 14.0. The molecule has 0 bridgehead atoms. The first-order valence-electron chi connectivity index (χ1n) is 14.9. The molecule has 2 heterocycles. The number of esters is 3. The van der Waals surface area contributed by atoms with Crippen molar-refractivity contribution in [3.8, 4) is 0 Å². The van der Waals surface area contributed by atoms with E-state index in [1.165, 1.54) is 19.9 Å². The molecule has 6 rings (SSSR count). The minimum Gasteiger partial charge on any atom is -0.465 e. The molecule has 218 valence electrons. The lowest BCUT2D eigenvalue weighted by Gasteiger charge is -2.59. The number of rotatable bonds is 5. The van der Waals surface area contributed by atoms with Crippen molar-refractivity contribution in [2.45, 2.75) is 104 Å².